The minimum Gasteiger partial charge on any atom is -0.459 e. The topological polar surface area (TPSA) is 84.0 Å². The smallest absolute Gasteiger partial charge is 0.303 e. The van der Waals surface area contributed by atoms with Gasteiger partial charge in [-0.15, -0.1) is 0 Å². The molecule has 8 unspecified atom stereocenters. The maximum atomic E-state index is 11.5. The Hall–Kier alpha value is -1.24. The molecule has 1 spiro atoms. The van der Waals surface area contributed by atoms with Crippen LogP contribution in [0.2, 0.25) is 0 Å². The Morgan fingerprint density at radius 3 is 2.87 bits per heavy atom. The van der Waals surface area contributed by atoms with Gasteiger partial charge in [-0.2, -0.15) is 0 Å². The first-order chi connectivity index (χ1) is 10.7. The number of esters is 1. The highest BCUT2D eigenvalue weighted by molar-refractivity contribution is 6.09. The molecule has 0 bridgehead atoms. The van der Waals surface area contributed by atoms with Gasteiger partial charge in [0.25, 0.3) is 0 Å². The van der Waals surface area contributed by atoms with Gasteiger partial charge in [0.1, 0.15) is 29.5 Å². The zero-order valence-corrected chi connectivity index (χ0v) is 13.7. The third kappa shape index (κ3) is 1.42. The van der Waals surface area contributed by atoms with Gasteiger partial charge in [0.2, 0.25) is 0 Å². The van der Waals surface area contributed by atoms with Gasteiger partial charge in [-0.3, -0.25) is 9.79 Å². The molecule has 2 aliphatic carbocycles. The Labute approximate surface area is 134 Å². The second-order valence-electron chi connectivity index (χ2n) is 8.00. The van der Waals surface area contributed by atoms with Crippen molar-refractivity contribution in [3.05, 3.63) is 11.6 Å². The lowest BCUT2D eigenvalue weighted by Crippen LogP contribution is -2.52. The highest BCUT2D eigenvalue weighted by atomic mass is 16.7. The summed E-state index contributed by atoms with van der Waals surface area (Å²) in [6.45, 7) is 7.67. The number of ether oxygens (including phenoxy) is 3. The first-order valence-electron chi connectivity index (χ1n) is 8.24. The van der Waals surface area contributed by atoms with Gasteiger partial charge in [0, 0.05) is 18.3 Å². The quantitative estimate of drug-likeness (QED) is 0.575. The van der Waals surface area contributed by atoms with Gasteiger partial charge < -0.3 is 19.3 Å². The molecule has 6 heteroatoms. The Kier molecular flexibility index (Phi) is 2.28. The number of carbonyl (C=O) groups is 1. The van der Waals surface area contributed by atoms with E-state index in [-0.39, 0.29) is 35.6 Å². The molecule has 23 heavy (non-hydrogen) atoms. The van der Waals surface area contributed by atoms with Gasteiger partial charge >= 0.3 is 5.97 Å². The Morgan fingerprint density at radius 1 is 1.48 bits per heavy atom. The maximum Gasteiger partial charge on any atom is 0.303 e. The first kappa shape index (κ1) is 14.1. The number of epoxide rings is 2. The standard InChI is InChI=1S/C17H21NO5/c1-7-11(21-8(2)19)13-12(22-13)9-5-10-17(6-15(7,9)3)16(4,23-17)14(20)18-10/h5,7,11-14,20H,6H2,1-4H3. The van der Waals surface area contributed by atoms with Crippen LogP contribution in [0.5, 0.6) is 0 Å². The molecule has 3 aliphatic heterocycles. The van der Waals surface area contributed by atoms with Crippen LogP contribution in [0.1, 0.15) is 34.1 Å². The van der Waals surface area contributed by atoms with E-state index in [1.54, 1.807) is 0 Å². The summed E-state index contributed by atoms with van der Waals surface area (Å²) < 4.78 is 17.4. The monoisotopic (exact) mass is 319 g/mol. The molecule has 0 aromatic heterocycles. The Morgan fingerprint density at radius 2 is 2.22 bits per heavy atom. The molecule has 6 nitrogen and oxygen atoms in total. The Balaban J connectivity index is 1.58. The fourth-order valence-corrected chi connectivity index (χ4v) is 5.11. The molecule has 2 saturated heterocycles. The molecule has 124 valence electrons. The molecule has 0 radical (unpaired) electrons. The van der Waals surface area contributed by atoms with Crippen molar-refractivity contribution in [2.24, 2.45) is 16.3 Å². The summed E-state index contributed by atoms with van der Waals surface area (Å²) in [4.78, 5) is 15.9. The van der Waals surface area contributed by atoms with Crippen LogP contribution in [0, 0.1) is 11.3 Å². The summed E-state index contributed by atoms with van der Waals surface area (Å²) in [7, 11) is 0. The number of aliphatic hydroxyl groups is 1. The molecule has 5 rings (SSSR count). The lowest BCUT2D eigenvalue weighted by atomic mass is 9.56. The van der Waals surface area contributed by atoms with Crippen LogP contribution < -0.4 is 0 Å². The minimum atomic E-state index is -0.811. The van der Waals surface area contributed by atoms with Crippen LogP contribution in [0.4, 0.5) is 0 Å². The summed E-state index contributed by atoms with van der Waals surface area (Å²) in [6, 6.07) is 0. The molecule has 0 aromatic rings. The summed E-state index contributed by atoms with van der Waals surface area (Å²) in [5.74, 6) is -0.157. The van der Waals surface area contributed by atoms with E-state index in [2.05, 4.69) is 24.9 Å². The third-order valence-electron chi connectivity index (χ3n) is 6.84. The fourth-order valence-electron chi connectivity index (χ4n) is 5.11. The third-order valence-corrected chi connectivity index (χ3v) is 6.84. The average molecular weight is 319 g/mol. The van der Waals surface area contributed by atoms with E-state index >= 15 is 0 Å². The zero-order valence-electron chi connectivity index (χ0n) is 13.7. The van der Waals surface area contributed by atoms with Crippen molar-refractivity contribution >= 4 is 11.7 Å². The molecule has 5 aliphatic rings. The molecule has 8 atom stereocenters. The van der Waals surface area contributed by atoms with E-state index in [4.69, 9.17) is 14.2 Å². The first-order valence-corrected chi connectivity index (χ1v) is 8.24. The van der Waals surface area contributed by atoms with Crippen LogP contribution in [0.25, 0.3) is 0 Å². The van der Waals surface area contributed by atoms with Crippen LogP contribution >= 0.6 is 0 Å². The number of hydrogen-bond acceptors (Lipinski definition) is 6. The second-order valence-corrected chi connectivity index (χ2v) is 8.00. The van der Waals surface area contributed by atoms with E-state index in [9.17, 15) is 9.90 Å². The Bertz CT molecular complexity index is 701. The zero-order chi connectivity index (χ0) is 16.4. The maximum absolute atomic E-state index is 11.5. The van der Waals surface area contributed by atoms with Crippen LogP contribution in [-0.4, -0.2) is 52.5 Å². The number of aliphatic imine (C=N–C) groups is 1. The van der Waals surface area contributed by atoms with Gasteiger partial charge in [-0.05, 0) is 25.0 Å². The number of hydrogen-bond donors (Lipinski definition) is 1. The highest BCUT2D eigenvalue weighted by Crippen LogP contribution is 2.68. The van der Waals surface area contributed by atoms with E-state index < -0.39 is 17.4 Å². The molecule has 3 fully saturated rings. The van der Waals surface area contributed by atoms with E-state index in [1.165, 1.54) is 12.5 Å². The van der Waals surface area contributed by atoms with Gasteiger partial charge in [0.05, 0.1) is 5.71 Å². The van der Waals surface area contributed by atoms with Crippen molar-refractivity contribution in [3.63, 3.8) is 0 Å². The number of aliphatic hydroxyl groups excluding tert-OH is 1. The van der Waals surface area contributed by atoms with Crippen molar-refractivity contribution in [1.82, 2.24) is 0 Å². The molecule has 1 saturated carbocycles. The minimum absolute atomic E-state index is 0.0108. The lowest BCUT2D eigenvalue weighted by molar-refractivity contribution is -0.153. The predicted molar refractivity (Wildman–Crippen MR) is 79.8 cm³/mol. The largest absolute Gasteiger partial charge is 0.459 e. The fraction of sp³-hybridized carbons (Fsp3) is 0.765. The summed E-state index contributed by atoms with van der Waals surface area (Å²) in [5, 5.41) is 10.2. The number of rotatable bonds is 1. The lowest BCUT2D eigenvalue weighted by Gasteiger charge is -2.47. The second kappa shape index (κ2) is 3.71. The molecular formula is C17H21NO5. The van der Waals surface area contributed by atoms with E-state index in [0.29, 0.717) is 0 Å². The van der Waals surface area contributed by atoms with Crippen LogP contribution in [0.15, 0.2) is 16.6 Å². The average Bonchev–Trinajstić information content (AvgIpc) is 3.33. The molecule has 0 amide bonds. The van der Waals surface area contributed by atoms with Crippen molar-refractivity contribution in [2.75, 3.05) is 0 Å². The van der Waals surface area contributed by atoms with Crippen LogP contribution in [-0.2, 0) is 19.0 Å². The van der Waals surface area contributed by atoms with Gasteiger partial charge in [-0.25, -0.2) is 0 Å². The van der Waals surface area contributed by atoms with Crippen LogP contribution in [0.3, 0.4) is 0 Å². The number of nitrogens with zero attached hydrogens (tertiary/aromatic N) is 1. The summed E-state index contributed by atoms with van der Waals surface area (Å²) >= 11 is 0. The van der Waals surface area contributed by atoms with Crippen molar-refractivity contribution in [1.29, 1.82) is 0 Å². The van der Waals surface area contributed by atoms with Crippen molar-refractivity contribution in [2.45, 2.75) is 69.9 Å². The van der Waals surface area contributed by atoms with Crippen molar-refractivity contribution in [3.8, 4) is 0 Å². The van der Waals surface area contributed by atoms with Crippen molar-refractivity contribution < 1.29 is 24.1 Å². The summed E-state index contributed by atoms with van der Waals surface area (Å²) in [5.41, 5.74) is 0.729. The molecular weight excluding hydrogens is 298 g/mol. The van der Waals surface area contributed by atoms with E-state index in [0.717, 1.165) is 12.1 Å². The highest BCUT2D eigenvalue weighted by Gasteiger charge is 2.80. The SMILES string of the molecule is CC(=O)OC1C2OC2C2=CC3=NC(O)C4(C)OC34CC2(C)C1C. The van der Waals surface area contributed by atoms with Gasteiger partial charge in [0.15, 0.2) is 6.23 Å². The van der Waals surface area contributed by atoms with E-state index in [1.807, 2.05) is 6.92 Å². The molecule has 0 aromatic carbocycles. The number of carbonyl (C=O) groups excluding carboxylic acids is 1. The number of fused-ring (bicyclic) bond motifs is 3. The molecule has 3 heterocycles. The predicted octanol–water partition coefficient (Wildman–Crippen LogP) is 0.972. The molecule has 1 N–H and O–H groups in total. The summed E-state index contributed by atoms with van der Waals surface area (Å²) in [6.07, 6.45) is 1.70. The normalized spacial score (nSPS) is 58.0. The van der Waals surface area contributed by atoms with Gasteiger partial charge in [-0.1, -0.05) is 13.8 Å².